The summed E-state index contributed by atoms with van der Waals surface area (Å²) in [5.41, 5.74) is 9.32. The van der Waals surface area contributed by atoms with Crippen molar-refractivity contribution in [2.45, 2.75) is 24.4 Å². The molecule has 7 rings (SSSR count). The van der Waals surface area contributed by atoms with Crippen LogP contribution in [0.1, 0.15) is 57.8 Å². The third-order valence-electron chi connectivity index (χ3n) is 6.48. The largest absolute Gasteiger partial charge is 0.368 e. The van der Waals surface area contributed by atoms with Gasteiger partial charge in [-0.05, 0) is 46.0 Å². The fraction of sp³-hybridized carbons (Fsp3) is 0.286. The maximum atomic E-state index is 5.77. The predicted molar refractivity (Wildman–Crippen MR) is 119 cm³/mol. The molecule has 0 aliphatic carbocycles. The van der Waals surface area contributed by atoms with Crippen LogP contribution in [-0.2, 0) is 18.9 Å². The Morgan fingerprint density at radius 2 is 1.06 bits per heavy atom. The fourth-order valence-corrected chi connectivity index (χ4v) is 4.40. The Hall–Kier alpha value is -2.94. The van der Waals surface area contributed by atoms with Crippen molar-refractivity contribution in [1.82, 2.24) is 0 Å². The van der Waals surface area contributed by atoms with Crippen molar-refractivity contribution in [3.05, 3.63) is 94.0 Å². The van der Waals surface area contributed by atoms with E-state index in [9.17, 15) is 0 Å². The number of hydrogen-bond acceptors (Lipinski definition) is 4. The Bertz CT molecular complexity index is 1230. The van der Waals surface area contributed by atoms with Gasteiger partial charge in [-0.1, -0.05) is 54.3 Å². The van der Waals surface area contributed by atoms with Gasteiger partial charge in [0, 0.05) is 16.7 Å². The van der Waals surface area contributed by atoms with Crippen LogP contribution in [0.3, 0.4) is 0 Å². The number of benzene rings is 3. The van der Waals surface area contributed by atoms with Gasteiger partial charge in [0.2, 0.25) is 0 Å². The zero-order valence-electron chi connectivity index (χ0n) is 17.5. The Morgan fingerprint density at radius 1 is 0.531 bits per heavy atom. The van der Waals surface area contributed by atoms with Crippen molar-refractivity contribution < 1.29 is 18.9 Å². The highest BCUT2D eigenvalue weighted by atomic mass is 16.6. The van der Waals surface area contributed by atoms with E-state index in [4.69, 9.17) is 18.9 Å². The van der Waals surface area contributed by atoms with Crippen molar-refractivity contribution in [1.29, 1.82) is 0 Å². The first-order chi connectivity index (χ1) is 15.8. The zero-order chi connectivity index (χ0) is 21.1. The first-order valence-electron chi connectivity index (χ1n) is 11.2. The second-order valence-corrected chi connectivity index (χ2v) is 8.77. The van der Waals surface area contributed by atoms with Crippen LogP contribution in [0.25, 0.3) is 11.1 Å². The van der Waals surface area contributed by atoms with E-state index in [1.54, 1.807) is 0 Å². The molecule has 158 valence electrons. The van der Waals surface area contributed by atoms with E-state index in [2.05, 4.69) is 72.5 Å². The maximum absolute atomic E-state index is 5.77. The molecule has 4 heteroatoms. The van der Waals surface area contributed by atoms with E-state index in [0.717, 1.165) is 37.6 Å². The molecule has 4 saturated heterocycles. The molecule has 0 amide bonds. The lowest BCUT2D eigenvalue weighted by Crippen LogP contribution is -2.00. The minimum Gasteiger partial charge on any atom is -0.368 e. The van der Waals surface area contributed by atoms with E-state index in [1.165, 1.54) is 33.4 Å². The summed E-state index contributed by atoms with van der Waals surface area (Å²) in [6.07, 6.45) is 0.770. The molecule has 3 aromatic carbocycles. The first-order valence-corrected chi connectivity index (χ1v) is 11.2. The molecule has 4 atom stereocenters. The summed E-state index contributed by atoms with van der Waals surface area (Å²) in [6, 6.07) is 21.4. The average Bonchev–Trinajstić information content (AvgIpc) is 3.67. The second-order valence-electron chi connectivity index (χ2n) is 8.77. The minimum absolute atomic E-state index is 0.104. The summed E-state index contributed by atoms with van der Waals surface area (Å²) in [4.78, 5) is 0. The molecule has 32 heavy (non-hydrogen) atoms. The van der Waals surface area contributed by atoms with E-state index >= 15 is 0 Å². The van der Waals surface area contributed by atoms with E-state index in [-0.39, 0.29) is 24.4 Å². The van der Waals surface area contributed by atoms with Crippen LogP contribution in [-0.4, -0.2) is 26.4 Å². The van der Waals surface area contributed by atoms with Gasteiger partial charge in [-0.25, -0.2) is 0 Å². The van der Waals surface area contributed by atoms with Gasteiger partial charge in [0.1, 0.15) is 24.4 Å². The van der Waals surface area contributed by atoms with E-state index in [1.807, 2.05) is 0 Å². The van der Waals surface area contributed by atoms with Gasteiger partial charge in [0.25, 0.3) is 0 Å². The molecule has 0 spiro atoms. The Balaban J connectivity index is 1.27. The van der Waals surface area contributed by atoms with Gasteiger partial charge < -0.3 is 18.9 Å². The Labute approximate surface area is 187 Å². The molecule has 4 heterocycles. The van der Waals surface area contributed by atoms with Crippen LogP contribution in [0.2, 0.25) is 0 Å². The third kappa shape index (κ3) is 3.64. The van der Waals surface area contributed by atoms with Crippen molar-refractivity contribution in [3.63, 3.8) is 0 Å². The molecule has 0 aromatic heterocycles. The molecule has 3 unspecified atom stereocenters. The standard InChI is InChI=1S/C28H22O4/c1-4-19(23-13-29-23)5-2-17(1)3-6-21-11-12-22(18-7-9-20(10-8-18)24-14-30-24)28(26-16-32-26)27(21)25-15-31-25/h1-2,4-5,7-12,23-26H,13-16H2/t23?,24?,25?,26-/m0/s1. The molecule has 4 aliphatic rings. The lowest BCUT2D eigenvalue weighted by molar-refractivity contribution is 0.399. The third-order valence-corrected chi connectivity index (χ3v) is 6.48. The highest BCUT2D eigenvalue weighted by Crippen LogP contribution is 2.46. The highest BCUT2D eigenvalue weighted by molar-refractivity contribution is 5.73. The fourth-order valence-electron chi connectivity index (χ4n) is 4.40. The van der Waals surface area contributed by atoms with Crippen molar-refractivity contribution >= 4 is 0 Å². The molecule has 4 fully saturated rings. The van der Waals surface area contributed by atoms with E-state index in [0.29, 0.717) is 0 Å². The molecular weight excluding hydrogens is 400 g/mol. The summed E-state index contributed by atoms with van der Waals surface area (Å²) in [5, 5.41) is 0. The number of rotatable bonds is 5. The second kappa shape index (κ2) is 7.30. The van der Waals surface area contributed by atoms with Gasteiger partial charge in [-0.15, -0.1) is 0 Å². The molecule has 0 radical (unpaired) electrons. The minimum atomic E-state index is 0.104. The van der Waals surface area contributed by atoms with Gasteiger partial charge in [-0.3, -0.25) is 0 Å². The molecule has 4 aliphatic heterocycles. The van der Waals surface area contributed by atoms with Crippen LogP contribution in [0, 0.1) is 11.8 Å². The Kier molecular flexibility index (Phi) is 4.25. The normalized spacial score (nSPS) is 26.8. The summed E-state index contributed by atoms with van der Waals surface area (Å²) < 4.78 is 22.3. The van der Waals surface area contributed by atoms with Gasteiger partial charge >= 0.3 is 0 Å². The Morgan fingerprint density at radius 3 is 1.62 bits per heavy atom. The molecule has 0 bridgehead atoms. The smallest absolute Gasteiger partial charge is 0.108 e. The van der Waals surface area contributed by atoms with Crippen LogP contribution in [0.4, 0.5) is 0 Å². The van der Waals surface area contributed by atoms with Crippen LogP contribution in [0.5, 0.6) is 0 Å². The zero-order valence-corrected chi connectivity index (χ0v) is 17.5. The molecule has 3 aromatic rings. The molecular formula is C28H22O4. The van der Waals surface area contributed by atoms with Gasteiger partial charge in [0.15, 0.2) is 0 Å². The molecule has 0 saturated carbocycles. The van der Waals surface area contributed by atoms with Crippen LogP contribution in [0.15, 0.2) is 60.7 Å². The molecule has 4 nitrogen and oxygen atoms in total. The topological polar surface area (TPSA) is 50.1 Å². The van der Waals surface area contributed by atoms with Crippen molar-refractivity contribution in [3.8, 4) is 23.0 Å². The number of epoxide rings is 4. The maximum Gasteiger partial charge on any atom is 0.108 e. The van der Waals surface area contributed by atoms with Crippen molar-refractivity contribution in [2.75, 3.05) is 26.4 Å². The van der Waals surface area contributed by atoms with Crippen LogP contribution < -0.4 is 0 Å². The SMILES string of the molecule is C(#Cc1ccc(-c2ccc(C3CO3)cc2)c([C@@H]2CO2)c1C1CO1)c1ccc(C2CO2)cc1. The average molecular weight is 422 g/mol. The van der Waals surface area contributed by atoms with Crippen molar-refractivity contribution in [2.24, 2.45) is 0 Å². The summed E-state index contributed by atoms with van der Waals surface area (Å²) in [6.45, 7) is 3.15. The quantitative estimate of drug-likeness (QED) is 0.427. The molecule has 0 N–H and O–H groups in total. The van der Waals surface area contributed by atoms with E-state index < -0.39 is 0 Å². The summed E-state index contributed by atoms with van der Waals surface area (Å²) in [7, 11) is 0. The number of hydrogen-bond donors (Lipinski definition) is 0. The lowest BCUT2D eigenvalue weighted by atomic mass is 9.88. The highest BCUT2D eigenvalue weighted by Gasteiger charge is 2.38. The number of ether oxygens (including phenoxy) is 4. The summed E-state index contributed by atoms with van der Waals surface area (Å²) >= 11 is 0. The summed E-state index contributed by atoms with van der Waals surface area (Å²) in [5.74, 6) is 6.76. The lowest BCUT2D eigenvalue weighted by Gasteiger charge is -2.15. The first kappa shape index (κ1) is 18.6. The van der Waals surface area contributed by atoms with Crippen LogP contribution >= 0.6 is 0 Å². The predicted octanol–water partition coefficient (Wildman–Crippen LogP) is 5.04. The monoisotopic (exact) mass is 422 g/mol. The van der Waals surface area contributed by atoms with Gasteiger partial charge in [0.05, 0.1) is 26.4 Å². The van der Waals surface area contributed by atoms with Gasteiger partial charge in [-0.2, -0.15) is 0 Å².